The largest absolute Gasteiger partial charge is 0.480 e. The van der Waals surface area contributed by atoms with Gasteiger partial charge in [0.25, 0.3) is 0 Å². The normalized spacial score (nSPS) is 17.6. The molecule has 9 heteroatoms. The first-order valence-corrected chi connectivity index (χ1v) is 9.17. The number of nitrogens with two attached hydrogens (primary N) is 1. The maximum absolute atomic E-state index is 12.4. The van der Waals surface area contributed by atoms with Crippen LogP contribution in [0.5, 0.6) is 0 Å². The third-order valence-corrected chi connectivity index (χ3v) is 5.05. The number of aliphatic carboxylic acids is 1. The second-order valence-corrected chi connectivity index (χ2v) is 6.81. The first-order valence-electron chi connectivity index (χ1n) is 8.19. The van der Waals surface area contributed by atoms with E-state index in [9.17, 15) is 24.3 Å². The van der Waals surface area contributed by atoms with E-state index in [1.807, 2.05) is 0 Å². The maximum Gasteiger partial charge on any atom is 0.327 e. The molecule has 26 heavy (non-hydrogen) atoms. The number of hydrogen-bond donors (Lipinski definition) is 3. The number of carboxylic acid groups (broad SMARTS) is 1. The third kappa shape index (κ3) is 5.06. The molecule has 2 rings (SSSR count). The number of carboxylic acids is 1. The molecule has 0 bridgehead atoms. The van der Waals surface area contributed by atoms with Gasteiger partial charge in [0.1, 0.15) is 12.1 Å². The van der Waals surface area contributed by atoms with Gasteiger partial charge in [0.2, 0.25) is 16.9 Å². The quantitative estimate of drug-likeness (QED) is 0.611. The Bertz CT molecular complexity index is 682. The van der Waals surface area contributed by atoms with Crippen molar-refractivity contribution in [2.75, 3.05) is 18.8 Å². The van der Waals surface area contributed by atoms with Crippen molar-refractivity contribution < 1.29 is 24.3 Å². The monoisotopic (exact) mass is 379 g/mol. The topological polar surface area (TPSA) is 130 Å². The van der Waals surface area contributed by atoms with Crippen molar-refractivity contribution in [1.82, 2.24) is 10.2 Å². The van der Waals surface area contributed by atoms with Crippen LogP contribution in [0.25, 0.3) is 0 Å². The number of likely N-dealkylation sites (tertiary alicyclic amines) is 1. The molecule has 1 aromatic rings. The minimum atomic E-state index is -1.23. The number of thioether (sulfide) groups is 1. The summed E-state index contributed by atoms with van der Waals surface area (Å²) in [6.45, 7) is 0.223. The molecule has 1 fully saturated rings. The summed E-state index contributed by atoms with van der Waals surface area (Å²) >= 11 is 0.827. The van der Waals surface area contributed by atoms with Crippen molar-refractivity contribution in [3.05, 3.63) is 35.9 Å². The zero-order valence-electron chi connectivity index (χ0n) is 14.1. The highest BCUT2D eigenvalue weighted by Gasteiger charge is 2.35. The Kier molecular flexibility index (Phi) is 7.16. The van der Waals surface area contributed by atoms with Crippen LogP contribution in [0, 0.1) is 0 Å². The predicted octanol–water partition coefficient (Wildman–Crippen LogP) is 0.0791. The molecule has 1 saturated heterocycles. The van der Waals surface area contributed by atoms with E-state index < -0.39 is 24.0 Å². The zero-order chi connectivity index (χ0) is 19.1. The van der Waals surface area contributed by atoms with Crippen LogP contribution in [0.4, 0.5) is 0 Å². The van der Waals surface area contributed by atoms with Crippen molar-refractivity contribution >= 4 is 34.7 Å². The standard InChI is InChI=1S/C17H21N3O5S/c18-9-14(21)20-8-4-7-13(20)15(22)19-12(16(23)24)10-26-17(25)11-5-2-1-3-6-11/h1-3,5-6,12-13H,4,7-10,18H2,(H,19,22)(H,23,24). The highest BCUT2D eigenvalue weighted by Crippen LogP contribution is 2.18. The molecule has 4 N–H and O–H groups in total. The summed E-state index contributed by atoms with van der Waals surface area (Å²) in [7, 11) is 0. The number of benzene rings is 1. The van der Waals surface area contributed by atoms with Gasteiger partial charge in [-0.15, -0.1) is 0 Å². The van der Waals surface area contributed by atoms with Crippen LogP contribution < -0.4 is 11.1 Å². The van der Waals surface area contributed by atoms with E-state index in [0.717, 1.165) is 11.8 Å². The molecule has 0 radical (unpaired) electrons. The van der Waals surface area contributed by atoms with Crippen LogP contribution in [0.15, 0.2) is 30.3 Å². The van der Waals surface area contributed by atoms with E-state index in [2.05, 4.69) is 5.32 Å². The van der Waals surface area contributed by atoms with Gasteiger partial charge in [0.05, 0.1) is 6.54 Å². The molecular formula is C17H21N3O5S. The molecule has 0 saturated carbocycles. The second-order valence-electron chi connectivity index (χ2n) is 5.81. The summed E-state index contributed by atoms with van der Waals surface area (Å²) in [6.07, 6.45) is 1.11. The lowest BCUT2D eigenvalue weighted by atomic mass is 10.2. The van der Waals surface area contributed by atoms with E-state index in [4.69, 9.17) is 5.73 Å². The number of hydrogen-bond acceptors (Lipinski definition) is 6. The first-order chi connectivity index (χ1) is 12.4. The Balaban J connectivity index is 1.95. The molecule has 0 aliphatic carbocycles. The fraction of sp³-hybridized carbons (Fsp3) is 0.412. The van der Waals surface area contributed by atoms with E-state index in [1.165, 1.54) is 4.90 Å². The Morgan fingerprint density at radius 1 is 1.27 bits per heavy atom. The van der Waals surface area contributed by atoms with Crippen LogP contribution >= 0.6 is 11.8 Å². The summed E-state index contributed by atoms with van der Waals surface area (Å²) in [4.78, 5) is 49.1. The number of nitrogens with one attached hydrogen (secondary N) is 1. The van der Waals surface area contributed by atoms with Crippen LogP contribution in [0.2, 0.25) is 0 Å². The van der Waals surface area contributed by atoms with Gasteiger partial charge >= 0.3 is 5.97 Å². The van der Waals surface area contributed by atoms with Crippen molar-refractivity contribution in [3.8, 4) is 0 Å². The minimum absolute atomic E-state index is 0.105. The Morgan fingerprint density at radius 2 is 1.96 bits per heavy atom. The summed E-state index contributed by atoms with van der Waals surface area (Å²) in [6, 6.07) is 6.54. The average molecular weight is 379 g/mol. The van der Waals surface area contributed by atoms with Gasteiger partial charge in [0.15, 0.2) is 0 Å². The third-order valence-electron chi connectivity index (χ3n) is 4.06. The minimum Gasteiger partial charge on any atom is -0.480 e. The molecule has 8 nitrogen and oxygen atoms in total. The Labute approximate surface area is 155 Å². The van der Waals surface area contributed by atoms with Crippen LogP contribution in [0.1, 0.15) is 23.2 Å². The van der Waals surface area contributed by atoms with E-state index in [1.54, 1.807) is 30.3 Å². The lowest BCUT2D eigenvalue weighted by Gasteiger charge is -2.25. The predicted molar refractivity (Wildman–Crippen MR) is 96.6 cm³/mol. The molecule has 0 spiro atoms. The molecule has 2 unspecified atom stereocenters. The Morgan fingerprint density at radius 3 is 2.58 bits per heavy atom. The lowest BCUT2D eigenvalue weighted by molar-refractivity contribution is -0.143. The van der Waals surface area contributed by atoms with Gasteiger partial charge < -0.3 is 21.1 Å². The first kappa shape index (κ1) is 19.9. The van der Waals surface area contributed by atoms with E-state index in [-0.39, 0.29) is 23.3 Å². The zero-order valence-corrected chi connectivity index (χ0v) is 14.9. The van der Waals surface area contributed by atoms with Gasteiger partial charge in [-0.25, -0.2) is 4.79 Å². The molecule has 0 aromatic heterocycles. The molecule has 1 aromatic carbocycles. The van der Waals surface area contributed by atoms with Crippen molar-refractivity contribution in [1.29, 1.82) is 0 Å². The summed E-state index contributed by atoms with van der Waals surface area (Å²) < 4.78 is 0. The number of carbonyl (C=O) groups is 4. The number of carbonyl (C=O) groups excluding carboxylic acids is 3. The Hall–Kier alpha value is -2.39. The number of rotatable bonds is 7. The molecule has 1 aliphatic rings. The molecule has 1 heterocycles. The van der Waals surface area contributed by atoms with Crippen LogP contribution in [-0.2, 0) is 14.4 Å². The molecular weight excluding hydrogens is 358 g/mol. The van der Waals surface area contributed by atoms with Crippen molar-refractivity contribution in [2.45, 2.75) is 24.9 Å². The maximum atomic E-state index is 12.4. The second kappa shape index (κ2) is 9.35. The van der Waals surface area contributed by atoms with E-state index >= 15 is 0 Å². The molecule has 140 valence electrons. The van der Waals surface area contributed by atoms with Crippen molar-refractivity contribution in [3.63, 3.8) is 0 Å². The molecule has 2 amide bonds. The van der Waals surface area contributed by atoms with Gasteiger partial charge in [-0.3, -0.25) is 14.4 Å². The smallest absolute Gasteiger partial charge is 0.327 e. The highest BCUT2D eigenvalue weighted by atomic mass is 32.2. The fourth-order valence-electron chi connectivity index (χ4n) is 2.71. The summed E-state index contributed by atoms with van der Waals surface area (Å²) in [5.74, 6) is -2.22. The number of amides is 2. The molecule has 1 aliphatic heterocycles. The number of nitrogens with zero attached hydrogens (tertiary/aromatic N) is 1. The summed E-state index contributed by atoms with van der Waals surface area (Å²) in [5, 5.41) is 11.5. The highest BCUT2D eigenvalue weighted by molar-refractivity contribution is 8.14. The van der Waals surface area contributed by atoms with Gasteiger partial charge in [-0.1, -0.05) is 42.1 Å². The van der Waals surface area contributed by atoms with Gasteiger partial charge in [-0.2, -0.15) is 0 Å². The van der Waals surface area contributed by atoms with Crippen molar-refractivity contribution in [2.24, 2.45) is 5.73 Å². The van der Waals surface area contributed by atoms with Crippen LogP contribution in [0.3, 0.4) is 0 Å². The van der Waals surface area contributed by atoms with Crippen LogP contribution in [-0.4, -0.2) is 63.8 Å². The average Bonchev–Trinajstić information content (AvgIpc) is 3.14. The fourth-order valence-corrected chi connectivity index (χ4v) is 3.56. The SMILES string of the molecule is NCC(=O)N1CCCC1C(=O)NC(CSC(=O)c1ccccc1)C(=O)O. The molecule has 2 atom stereocenters. The van der Waals surface area contributed by atoms with Gasteiger partial charge in [0, 0.05) is 17.9 Å². The van der Waals surface area contributed by atoms with E-state index in [0.29, 0.717) is 24.9 Å². The van der Waals surface area contributed by atoms with Gasteiger partial charge in [-0.05, 0) is 12.8 Å². The summed E-state index contributed by atoms with van der Waals surface area (Å²) in [5.41, 5.74) is 5.80. The lowest BCUT2D eigenvalue weighted by Crippen LogP contribution is -2.52.